The number of halogens is 2. The topological polar surface area (TPSA) is 63.2 Å². The van der Waals surface area contributed by atoms with Crippen molar-refractivity contribution in [3.05, 3.63) is 65.2 Å². The Morgan fingerprint density at radius 2 is 1.62 bits per heavy atom. The molecule has 2 aromatic rings. The first-order valence-electron chi connectivity index (χ1n) is 7.28. The molecule has 1 N–H and O–H groups in total. The number of carbonyl (C=O) groups excluding carboxylic acids is 1. The van der Waals surface area contributed by atoms with Gasteiger partial charge in [0.05, 0.1) is 4.90 Å². The van der Waals surface area contributed by atoms with Crippen molar-refractivity contribution in [1.29, 1.82) is 0 Å². The molecule has 0 aromatic heterocycles. The van der Waals surface area contributed by atoms with Gasteiger partial charge in [-0.2, -0.15) is 0 Å². The van der Waals surface area contributed by atoms with E-state index in [-0.39, 0.29) is 23.4 Å². The SMILES string of the molecule is Cc1ccc(S(=O)(=O)CC(=O)NCCc2c(F)cccc2F)cc1. The first kappa shape index (κ1) is 18.1. The molecular formula is C17H17F2NO3S. The number of sulfone groups is 1. The first-order valence-corrected chi connectivity index (χ1v) is 8.94. The fraction of sp³-hybridized carbons (Fsp3) is 0.235. The molecule has 2 aromatic carbocycles. The quantitative estimate of drug-likeness (QED) is 0.867. The molecule has 0 aliphatic heterocycles. The van der Waals surface area contributed by atoms with Gasteiger partial charge >= 0.3 is 0 Å². The summed E-state index contributed by atoms with van der Waals surface area (Å²) in [6.45, 7) is 1.77. The summed E-state index contributed by atoms with van der Waals surface area (Å²) in [5.41, 5.74) is 0.768. The van der Waals surface area contributed by atoms with Crippen LogP contribution in [0.1, 0.15) is 11.1 Å². The lowest BCUT2D eigenvalue weighted by Gasteiger charge is -2.08. The maximum atomic E-state index is 13.5. The third-order valence-corrected chi connectivity index (χ3v) is 5.09. The number of amides is 1. The summed E-state index contributed by atoms with van der Waals surface area (Å²) in [4.78, 5) is 11.8. The maximum Gasteiger partial charge on any atom is 0.235 e. The smallest absolute Gasteiger partial charge is 0.235 e. The van der Waals surface area contributed by atoms with Crippen molar-refractivity contribution in [3.63, 3.8) is 0 Å². The molecular weight excluding hydrogens is 336 g/mol. The molecule has 0 unspecified atom stereocenters. The molecule has 0 saturated heterocycles. The minimum absolute atomic E-state index is 0.0555. The molecule has 0 spiro atoms. The second-order valence-corrected chi connectivity index (χ2v) is 7.36. The second-order valence-electron chi connectivity index (χ2n) is 5.37. The number of carbonyl (C=O) groups is 1. The molecule has 0 atom stereocenters. The van der Waals surface area contributed by atoms with E-state index in [1.54, 1.807) is 12.1 Å². The van der Waals surface area contributed by atoms with E-state index in [2.05, 4.69) is 5.32 Å². The van der Waals surface area contributed by atoms with Gasteiger partial charge in [-0.3, -0.25) is 4.79 Å². The zero-order valence-corrected chi connectivity index (χ0v) is 13.9. The highest BCUT2D eigenvalue weighted by molar-refractivity contribution is 7.92. The normalized spacial score (nSPS) is 11.3. The van der Waals surface area contributed by atoms with Crippen molar-refractivity contribution in [1.82, 2.24) is 5.32 Å². The minimum Gasteiger partial charge on any atom is -0.355 e. The summed E-state index contributed by atoms with van der Waals surface area (Å²) in [6.07, 6.45) is -0.0607. The van der Waals surface area contributed by atoms with Gasteiger partial charge < -0.3 is 5.32 Å². The molecule has 128 valence electrons. The van der Waals surface area contributed by atoms with Crippen LogP contribution in [0.4, 0.5) is 8.78 Å². The number of aryl methyl sites for hydroxylation is 1. The molecule has 0 saturated carbocycles. The number of nitrogens with one attached hydrogen (secondary N) is 1. The van der Waals surface area contributed by atoms with Crippen LogP contribution < -0.4 is 5.32 Å². The largest absolute Gasteiger partial charge is 0.355 e. The average Bonchev–Trinajstić information content (AvgIpc) is 2.50. The van der Waals surface area contributed by atoms with Crippen molar-refractivity contribution >= 4 is 15.7 Å². The van der Waals surface area contributed by atoms with Crippen LogP contribution in [-0.2, 0) is 21.1 Å². The Bertz CT molecular complexity index is 813. The summed E-state index contributed by atoms with van der Waals surface area (Å²) in [5.74, 6) is -2.82. The van der Waals surface area contributed by atoms with Gasteiger partial charge in [0.15, 0.2) is 9.84 Å². The van der Waals surface area contributed by atoms with Crippen LogP contribution in [0.25, 0.3) is 0 Å². The lowest BCUT2D eigenvalue weighted by atomic mass is 10.1. The molecule has 0 heterocycles. The van der Waals surface area contributed by atoms with Gasteiger partial charge in [0.25, 0.3) is 0 Å². The van der Waals surface area contributed by atoms with Gasteiger partial charge in [-0.15, -0.1) is 0 Å². The fourth-order valence-corrected chi connectivity index (χ4v) is 3.32. The van der Waals surface area contributed by atoms with Crippen LogP contribution in [0, 0.1) is 18.6 Å². The molecule has 7 heteroatoms. The van der Waals surface area contributed by atoms with E-state index in [9.17, 15) is 22.0 Å². The Morgan fingerprint density at radius 1 is 1.04 bits per heavy atom. The highest BCUT2D eigenvalue weighted by Gasteiger charge is 2.19. The van der Waals surface area contributed by atoms with Crippen molar-refractivity contribution in [2.75, 3.05) is 12.3 Å². The Balaban J connectivity index is 1.92. The van der Waals surface area contributed by atoms with Crippen molar-refractivity contribution in [2.24, 2.45) is 0 Å². The van der Waals surface area contributed by atoms with Gasteiger partial charge in [0.2, 0.25) is 5.91 Å². The lowest BCUT2D eigenvalue weighted by molar-refractivity contribution is -0.118. The molecule has 0 aliphatic rings. The highest BCUT2D eigenvalue weighted by Crippen LogP contribution is 2.13. The monoisotopic (exact) mass is 353 g/mol. The number of hydrogen-bond donors (Lipinski definition) is 1. The molecule has 2 rings (SSSR count). The zero-order valence-electron chi connectivity index (χ0n) is 13.1. The van der Waals surface area contributed by atoms with E-state index >= 15 is 0 Å². The zero-order chi connectivity index (χ0) is 17.7. The van der Waals surface area contributed by atoms with E-state index in [1.807, 2.05) is 6.92 Å². The predicted octanol–water partition coefficient (Wildman–Crippen LogP) is 2.41. The van der Waals surface area contributed by atoms with Crippen LogP contribution in [0.3, 0.4) is 0 Å². The van der Waals surface area contributed by atoms with E-state index in [0.717, 1.165) is 17.7 Å². The second kappa shape index (κ2) is 7.53. The van der Waals surface area contributed by atoms with Gasteiger partial charge in [-0.1, -0.05) is 23.8 Å². The van der Waals surface area contributed by atoms with Crippen LogP contribution >= 0.6 is 0 Å². The Hall–Kier alpha value is -2.28. The van der Waals surface area contributed by atoms with Gasteiger partial charge in [0, 0.05) is 12.1 Å². The number of hydrogen-bond acceptors (Lipinski definition) is 3. The third kappa shape index (κ3) is 4.61. The molecule has 0 radical (unpaired) electrons. The molecule has 1 amide bonds. The Labute approximate surface area is 139 Å². The van der Waals surface area contributed by atoms with Crippen molar-refractivity contribution in [2.45, 2.75) is 18.2 Å². The number of benzene rings is 2. The van der Waals surface area contributed by atoms with Gasteiger partial charge in [0.1, 0.15) is 17.4 Å². The first-order chi connectivity index (χ1) is 11.3. The molecule has 0 aliphatic carbocycles. The molecule has 24 heavy (non-hydrogen) atoms. The van der Waals surface area contributed by atoms with Crippen molar-refractivity contribution < 1.29 is 22.0 Å². The third-order valence-electron chi connectivity index (χ3n) is 3.46. The van der Waals surface area contributed by atoms with Gasteiger partial charge in [-0.05, 0) is 37.6 Å². The summed E-state index contributed by atoms with van der Waals surface area (Å²) >= 11 is 0. The van der Waals surface area contributed by atoms with Crippen molar-refractivity contribution in [3.8, 4) is 0 Å². The van der Waals surface area contributed by atoms with E-state index in [4.69, 9.17) is 0 Å². The van der Waals surface area contributed by atoms with E-state index < -0.39 is 33.1 Å². The summed E-state index contributed by atoms with van der Waals surface area (Å²) in [6, 6.07) is 9.67. The Morgan fingerprint density at radius 3 is 2.21 bits per heavy atom. The average molecular weight is 353 g/mol. The molecule has 0 fully saturated rings. The standard InChI is InChI=1S/C17H17F2NO3S/c1-12-5-7-13(8-6-12)24(22,23)11-17(21)20-10-9-14-15(18)3-2-4-16(14)19/h2-8H,9-11H2,1H3,(H,20,21). The number of rotatable bonds is 6. The predicted molar refractivity (Wildman–Crippen MR) is 86.3 cm³/mol. The highest BCUT2D eigenvalue weighted by atomic mass is 32.2. The molecule has 0 bridgehead atoms. The van der Waals surface area contributed by atoms with Gasteiger partial charge in [-0.25, -0.2) is 17.2 Å². The van der Waals surface area contributed by atoms with E-state index in [0.29, 0.717) is 0 Å². The molecule has 4 nitrogen and oxygen atoms in total. The minimum atomic E-state index is -3.75. The fourth-order valence-electron chi connectivity index (χ4n) is 2.15. The van der Waals surface area contributed by atoms with Crippen LogP contribution in [-0.4, -0.2) is 26.6 Å². The van der Waals surface area contributed by atoms with Crippen LogP contribution in [0.2, 0.25) is 0 Å². The summed E-state index contributed by atoms with van der Waals surface area (Å²) < 4.78 is 51.1. The van der Waals surface area contributed by atoms with Crippen LogP contribution in [0.15, 0.2) is 47.4 Å². The van der Waals surface area contributed by atoms with E-state index in [1.165, 1.54) is 18.2 Å². The lowest BCUT2D eigenvalue weighted by Crippen LogP contribution is -2.32. The Kier molecular flexibility index (Phi) is 5.66. The maximum absolute atomic E-state index is 13.5. The summed E-state index contributed by atoms with van der Waals surface area (Å²) in [7, 11) is -3.75. The summed E-state index contributed by atoms with van der Waals surface area (Å²) in [5, 5.41) is 2.37. The van der Waals surface area contributed by atoms with Crippen LogP contribution in [0.5, 0.6) is 0 Å².